The third-order valence-corrected chi connectivity index (χ3v) is 12.5. The van der Waals surface area contributed by atoms with Gasteiger partial charge in [0.25, 0.3) is 8.32 Å². The number of rotatable bonds is 5. The van der Waals surface area contributed by atoms with Gasteiger partial charge in [-0.15, -0.1) is 0 Å². The Hall–Kier alpha value is -2.64. The van der Waals surface area contributed by atoms with Gasteiger partial charge in [0.1, 0.15) is 5.60 Å². The van der Waals surface area contributed by atoms with Gasteiger partial charge in [-0.05, 0) is 49.0 Å². The molecule has 2 aromatic carbocycles. The summed E-state index contributed by atoms with van der Waals surface area (Å²) >= 11 is 0. The first-order valence-electron chi connectivity index (χ1n) is 13.5. The van der Waals surface area contributed by atoms with E-state index in [0.29, 0.717) is 26.1 Å². The van der Waals surface area contributed by atoms with Gasteiger partial charge in [0.2, 0.25) is 5.91 Å². The SMILES string of the molecule is CC(C)(C)OC(=O)N1CCC(N2C[C@H](O[Si](c3ccccc3)(c3ccccc3)C(C)(C)C)CC2=O)CC1. The van der Waals surface area contributed by atoms with E-state index < -0.39 is 13.9 Å². The maximum atomic E-state index is 13.3. The van der Waals surface area contributed by atoms with Crippen LogP contribution in [0.1, 0.15) is 60.8 Å². The summed E-state index contributed by atoms with van der Waals surface area (Å²) in [7, 11) is -2.72. The highest BCUT2D eigenvalue weighted by molar-refractivity contribution is 6.99. The molecule has 37 heavy (non-hydrogen) atoms. The molecule has 0 aliphatic carbocycles. The molecule has 200 valence electrons. The van der Waals surface area contributed by atoms with Gasteiger partial charge in [-0.25, -0.2) is 4.79 Å². The number of ether oxygens (including phenoxy) is 1. The third-order valence-electron chi connectivity index (χ3n) is 7.44. The summed E-state index contributed by atoms with van der Waals surface area (Å²) in [6.45, 7) is 14.2. The molecule has 0 saturated carbocycles. The summed E-state index contributed by atoms with van der Waals surface area (Å²) in [6.07, 6.45) is 1.49. The molecule has 2 aliphatic heterocycles. The summed E-state index contributed by atoms with van der Waals surface area (Å²) < 4.78 is 12.8. The number of benzene rings is 2. The summed E-state index contributed by atoms with van der Waals surface area (Å²) in [4.78, 5) is 29.5. The van der Waals surface area contributed by atoms with E-state index in [2.05, 4.69) is 69.3 Å². The van der Waals surface area contributed by atoms with Crippen LogP contribution in [0.15, 0.2) is 60.7 Å². The van der Waals surface area contributed by atoms with Crippen LogP contribution in [0.5, 0.6) is 0 Å². The molecule has 0 bridgehead atoms. The van der Waals surface area contributed by atoms with Crippen molar-refractivity contribution in [2.24, 2.45) is 0 Å². The lowest BCUT2D eigenvalue weighted by Crippen LogP contribution is -2.67. The van der Waals surface area contributed by atoms with Gasteiger partial charge in [-0.3, -0.25) is 4.79 Å². The highest BCUT2D eigenvalue weighted by atomic mass is 28.4. The normalized spacial score (nSPS) is 19.8. The molecule has 2 aliphatic rings. The second-order valence-corrected chi connectivity index (χ2v) is 16.6. The number of likely N-dealkylation sites (tertiary alicyclic amines) is 2. The number of amides is 2. The fourth-order valence-electron chi connectivity index (χ4n) is 5.76. The van der Waals surface area contributed by atoms with E-state index >= 15 is 0 Å². The van der Waals surface area contributed by atoms with Crippen LogP contribution in [-0.4, -0.2) is 67.5 Å². The maximum Gasteiger partial charge on any atom is 0.410 e. The van der Waals surface area contributed by atoms with Crippen molar-refractivity contribution >= 4 is 30.7 Å². The van der Waals surface area contributed by atoms with Gasteiger partial charge in [0.05, 0.1) is 12.5 Å². The van der Waals surface area contributed by atoms with E-state index in [4.69, 9.17) is 9.16 Å². The molecule has 0 aromatic heterocycles. The maximum absolute atomic E-state index is 13.3. The first-order chi connectivity index (χ1) is 17.4. The Morgan fingerprint density at radius 1 is 0.865 bits per heavy atom. The van der Waals surface area contributed by atoms with Crippen LogP contribution in [0.25, 0.3) is 0 Å². The van der Waals surface area contributed by atoms with E-state index in [-0.39, 0.29) is 29.2 Å². The molecule has 2 saturated heterocycles. The number of carbonyl (C=O) groups is 2. The molecule has 6 nitrogen and oxygen atoms in total. The van der Waals surface area contributed by atoms with Gasteiger partial charge in [0, 0.05) is 25.7 Å². The Labute approximate surface area is 223 Å². The quantitative estimate of drug-likeness (QED) is 0.540. The smallest absolute Gasteiger partial charge is 0.410 e. The summed E-state index contributed by atoms with van der Waals surface area (Å²) in [5.74, 6) is 0.152. The van der Waals surface area contributed by atoms with Crippen LogP contribution >= 0.6 is 0 Å². The zero-order valence-corrected chi connectivity index (χ0v) is 24.2. The summed E-state index contributed by atoms with van der Waals surface area (Å²) in [5, 5.41) is 2.32. The van der Waals surface area contributed by atoms with Gasteiger partial charge < -0.3 is 19.0 Å². The average Bonchev–Trinajstić information content (AvgIpc) is 3.21. The molecule has 0 N–H and O–H groups in total. The summed E-state index contributed by atoms with van der Waals surface area (Å²) in [6, 6.07) is 21.3. The highest BCUT2D eigenvalue weighted by Gasteiger charge is 2.53. The van der Waals surface area contributed by atoms with Gasteiger partial charge >= 0.3 is 6.09 Å². The van der Waals surface area contributed by atoms with Crippen molar-refractivity contribution in [1.82, 2.24) is 9.80 Å². The predicted octanol–water partition coefficient (Wildman–Crippen LogP) is 4.56. The Morgan fingerprint density at radius 3 is 1.84 bits per heavy atom. The minimum atomic E-state index is -2.72. The number of carbonyl (C=O) groups excluding carboxylic acids is 2. The largest absolute Gasteiger partial charge is 0.444 e. The standard InChI is InChI=1S/C30H42N2O4Si/c1-29(2,3)35-28(34)31-19-17-23(18-20-31)32-22-24(21-27(32)33)36-37(30(4,5)6,25-13-9-7-10-14-25)26-15-11-8-12-16-26/h7-16,23-24H,17-22H2,1-6H3/t24-/m1/s1. The molecule has 0 unspecified atom stereocenters. The monoisotopic (exact) mass is 522 g/mol. The molecule has 7 heteroatoms. The van der Waals surface area contributed by atoms with Crippen molar-refractivity contribution in [2.75, 3.05) is 19.6 Å². The van der Waals surface area contributed by atoms with Crippen molar-refractivity contribution in [3.8, 4) is 0 Å². The predicted molar refractivity (Wildman–Crippen MR) is 150 cm³/mol. The fraction of sp³-hybridized carbons (Fsp3) is 0.533. The zero-order chi connectivity index (χ0) is 26.8. The van der Waals surface area contributed by atoms with E-state index in [1.165, 1.54) is 10.4 Å². The molecule has 2 amide bonds. The Morgan fingerprint density at radius 2 is 1.38 bits per heavy atom. The number of nitrogens with zero attached hydrogens (tertiary/aromatic N) is 2. The lowest BCUT2D eigenvalue weighted by molar-refractivity contribution is -0.130. The molecule has 2 aromatic rings. The van der Waals surface area contributed by atoms with Crippen molar-refractivity contribution < 1.29 is 18.8 Å². The van der Waals surface area contributed by atoms with Crippen LogP contribution in [0.4, 0.5) is 4.79 Å². The average molecular weight is 523 g/mol. The van der Waals surface area contributed by atoms with E-state index in [9.17, 15) is 9.59 Å². The number of hydrogen-bond donors (Lipinski definition) is 0. The molecular formula is C30H42N2O4Si. The minimum Gasteiger partial charge on any atom is -0.444 e. The molecule has 0 spiro atoms. The van der Waals surface area contributed by atoms with Crippen molar-refractivity contribution in [1.29, 1.82) is 0 Å². The van der Waals surface area contributed by atoms with E-state index in [0.717, 1.165) is 12.8 Å². The highest BCUT2D eigenvalue weighted by Crippen LogP contribution is 2.39. The Balaban J connectivity index is 1.52. The molecule has 0 radical (unpaired) electrons. The van der Waals surface area contributed by atoms with Crippen molar-refractivity contribution in [3.05, 3.63) is 60.7 Å². The van der Waals surface area contributed by atoms with E-state index in [1.54, 1.807) is 4.90 Å². The second-order valence-electron chi connectivity index (χ2n) is 12.4. The van der Waals surface area contributed by atoms with Crippen molar-refractivity contribution in [2.45, 2.75) is 83.6 Å². The van der Waals surface area contributed by atoms with Gasteiger partial charge in [-0.2, -0.15) is 0 Å². The van der Waals surface area contributed by atoms with Gasteiger partial charge in [-0.1, -0.05) is 81.4 Å². The topological polar surface area (TPSA) is 59.1 Å². The first kappa shape index (κ1) is 27.4. The molecule has 1 atom stereocenters. The number of hydrogen-bond acceptors (Lipinski definition) is 4. The lowest BCUT2D eigenvalue weighted by atomic mass is 10.0. The summed E-state index contributed by atoms with van der Waals surface area (Å²) in [5.41, 5.74) is -0.510. The Bertz CT molecular complexity index is 1030. The minimum absolute atomic E-state index is 0.124. The van der Waals surface area contributed by atoms with Crippen LogP contribution in [0.3, 0.4) is 0 Å². The Kier molecular flexibility index (Phi) is 7.86. The third kappa shape index (κ3) is 5.93. The van der Waals surface area contributed by atoms with Crippen LogP contribution in [0, 0.1) is 0 Å². The van der Waals surface area contributed by atoms with Crippen LogP contribution in [0.2, 0.25) is 5.04 Å². The van der Waals surface area contributed by atoms with Gasteiger partial charge in [0.15, 0.2) is 0 Å². The fourth-order valence-corrected chi connectivity index (χ4v) is 10.4. The second kappa shape index (κ2) is 10.6. The molecular weight excluding hydrogens is 480 g/mol. The number of piperidine rings is 1. The first-order valence-corrected chi connectivity index (χ1v) is 15.4. The lowest BCUT2D eigenvalue weighted by Gasteiger charge is -2.44. The van der Waals surface area contributed by atoms with Crippen molar-refractivity contribution in [3.63, 3.8) is 0 Å². The van der Waals surface area contributed by atoms with Crippen LogP contribution < -0.4 is 10.4 Å². The molecule has 2 heterocycles. The van der Waals surface area contributed by atoms with Crippen LogP contribution in [-0.2, 0) is 14.0 Å². The molecule has 4 rings (SSSR count). The molecule has 2 fully saturated rings. The zero-order valence-electron chi connectivity index (χ0n) is 23.2. The van der Waals surface area contributed by atoms with E-state index in [1.807, 2.05) is 37.8 Å².